The molecule has 0 aliphatic carbocycles. The van der Waals surface area contributed by atoms with E-state index >= 15 is 0 Å². The molecular formula is C26H29ClN4O5S. The van der Waals surface area contributed by atoms with Crippen molar-refractivity contribution < 1.29 is 13.5 Å². The summed E-state index contributed by atoms with van der Waals surface area (Å²) in [7, 11) is -4.10. The molecule has 3 aromatic carbocycles. The van der Waals surface area contributed by atoms with Crippen molar-refractivity contribution in [2.75, 3.05) is 36.8 Å². The normalized spacial score (nSPS) is 18.2. The van der Waals surface area contributed by atoms with Crippen LogP contribution in [0.25, 0.3) is 0 Å². The second kappa shape index (κ2) is 10.4. The van der Waals surface area contributed by atoms with Gasteiger partial charge in [0, 0.05) is 24.8 Å². The number of para-hydroxylation sites is 1. The minimum atomic E-state index is -4.10. The number of halogens is 1. The van der Waals surface area contributed by atoms with Crippen molar-refractivity contribution in [1.82, 2.24) is 9.21 Å². The number of hydrogen-bond acceptors (Lipinski definition) is 8. The van der Waals surface area contributed by atoms with Gasteiger partial charge in [-0.2, -0.15) is 4.31 Å². The molecule has 37 heavy (non-hydrogen) atoms. The average molecular weight is 545 g/mol. The maximum Gasteiger partial charge on any atom is 0.253 e. The second-order valence-corrected chi connectivity index (χ2v) is 11.8. The summed E-state index contributed by atoms with van der Waals surface area (Å²) >= 11 is 6.28. The highest BCUT2D eigenvalue weighted by atomic mass is 35.5. The summed E-state index contributed by atoms with van der Waals surface area (Å²) in [5.74, 6) is -0.593. The number of hydrogen-bond donors (Lipinski definition) is 3. The lowest BCUT2D eigenvalue weighted by molar-refractivity contribution is 0.117. The quantitative estimate of drug-likeness (QED) is 0.304. The number of phenolic OH excluding ortho intramolecular Hbond substituents is 1. The van der Waals surface area contributed by atoms with Gasteiger partial charge in [0.2, 0.25) is 10.0 Å². The molecule has 0 spiro atoms. The van der Waals surface area contributed by atoms with E-state index in [0.717, 1.165) is 13.1 Å². The van der Waals surface area contributed by atoms with Gasteiger partial charge in [0.05, 0.1) is 10.7 Å². The SMILES string of the molecule is O=c1c(Nc2ccccc2)c(Nc2ccc(Cl)c(S(=O)(=O)N3CCC(N4CCCCC4)CC3)c2O)c1=O. The minimum absolute atomic E-state index is 0.0330. The van der Waals surface area contributed by atoms with Crippen molar-refractivity contribution in [2.24, 2.45) is 0 Å². The molecule has 2 aliphatic heterocycles. The Labute approximate surface area is 220 Å². The predicted molar refractivity (Wildman–Crippen MR) is 145 cm³/mol. The first-order valence-electron chi connectivity index (χ1n) is 12.5. The number of piperidine rings is 2. The number of likely N-dealkylation sites (tertiary alicyclic amines) is 1. The molecule has 0 radical (unpaired) electrons. The van der Waals surface area contributed by atoms with Crippen molar-refractivity contribution >= 4 is 44.4 Å². The van der Waals surface area contributed by atoms with Gasteiger partial charge < -0.3 is 20.6 Å². The molecule has 2 heterocycles. The largest absolute Gasteiger partial charge is 0.504 e. The molecule has 3 N–H and O–H groups in total. The molecule has 0 unspecified atom stereocenters. The van der Waals surface area contributed by atoms with Gasteiger partial charge in [-0.05, 0) is 63.0 Å². The van der Waals surface area contributed by atoms with E-state index in [1.807, 2.05) is 6.07 Å². The van der Waals surface area contributed by atoms with Crippen molar-refractivity contribution in [1.29, 1.82) is 0 Å². The summed E-state index contributed by atoms with van der Waals surface area (Å²) in [6.07, 6.45) is 5.03. The fourth-order valence-corrected chi connectivity index (χ4v) is 7.25. The van der Waals surface area contributed by atoms with Crippen LogP contribution < -0.4 is 21.5 Å². The van der Waals surface area contributed by atoms with Crippen LogP contribution in [0.15, 0.2) is 56.9 Å². The number of rotatable bonds is 7. The van der Waals surface area contributed by atoms with Gasteiger partial charge in [-0.3, -0.25) is 9.59 Å². The number of anilines is 4. The molecule has 0 aromatic heterocycles. The highest BCUT2D eigenvalue weighted by Crippen LogP contribution is 2.41. The van der Waals surface area contributed by atoms with E-state index in [0.29, 0.717) is 37.7 Å². The third kappa shape index (κ3) is 4.98. The first kappa shape index (κ1) is 25.7. The standard InChI is InChI=1S/C26H29ClN4O5S/c27-19-9-10-20(29-22-21(24(33)25(22)34)28-17-7-3-1-4-8-17)23(32)26(19)37(35,36)31-15-11-18(12-16-31)30-13-5-2-6-14-30/h1,3-4,7-10,18,28-29,32H,2,5-6,11-16H2. The zero-order chi connectivity index (χ0) is 26.2. The fraction of sp³-hybridized carbons (Fsp3) is 0.385. The molecule has 2 fully saturated rings. The first-order chi connectivity index (χ1) is 17.8. The van der Waals surface area contributed by atoms with Crippen LogP contribution in [0.3, 0.4) is 0 Å². The van der Waals surface area contributed by atoms with E-state index in [9.17, 15) is 23.1 Å². The van der Waals surface area contributed by atoms with Crippen molar-refractivity contribution in [2.45, 2.75) is 43.0 Å². The Morgan fingerprint density at radius 3 is 2.11 bits per heavy atom. The van der Waals surface area contributed by atoms with E-state index < -0.39 is 31.5 Å². The highest BCUT2D eigenvalue weighted by molar-refractivity contribution is 7.89. The molecule has 5 rings (SSSR count). The maximum absolute atomic E-state index is 13.5. The Balaban J connectivity index is 1.37. The molecule has 2 saturated heterocycles. The molecule has 3 aromatic rings. The Bertz CT molecular complexity index is 1460. The lowest BCUT2D eigenvalue weighted by Gasteiger charge is -2.39. The van der Waals surface area contributed by atoms with E-state index in [1.165, 1.54) is 35.7 Å². The van der Waals surface area contributed by atoms with E-state index in [1.54, 1.807) is 24.3 Å². The van der Waals surface area contributed by atoms with Crippen LogP contribution in [0, 0.1) is 0 Å². The summed E-state index contributed by atoms with van der Waals surface area (Å²) in [5, 5.41) is 16.5. The molecule has 196 valence electrons. The van der Waals surface area contributed by atoms with Gasteiger partial charge in [-0.25, -0.2) is 8.42 Å². The Kier molecular flexibility index (Phi) is 7.26. The molecule has 11 heteroatoms. The first-order valence-corrected chi connectivity index (χ1v) is 14.3. The number of nitrogens with one attached hydrogen (secondary N) is 2. The lowest BCUT2D eigenvalue weighted by Crippen LogP contribution is -2.48. The van der Waals surface area contributed by atoms with Crippen LogP contribution in [0.5, 0.6) is 5.75 Å². The maximum atomic E-state index is 13.5. The van der Waals surface area contributed by atoms with E-state index in [2.05, 4.69) is 15.5 Å². The summed E-state index contributed by atoms with van der Waals surface area (Å²) in [6, 6.07) is 11.9. The number of nitrogens with zero attached hydrogens (tertiary/aromatic N) is 2. The van der Waals surface area contributed by atoms with Crippen LogP contribution in [0.1, 0.15) is 32.1 Å². The summed E-state index contributed by atoms with van der Waals surface area (Å²) in [5.41, 5.74) is -0.920. The van der Waals surface area contributed by atoms with Crippen molar-refractivity contribution in [3.05, 3.63) is 67.9 Å². The topological polar surface area (TPSA) is 119 Å². The Morgan fingerprint density at radius 2 is 1.46 bits per heavy atom. The fourth-order valence-electron chi connectivity index (χ4n) is 5.18. The van der Waals surface area contributed by atoms with Gasteiger partial charge in [0.15, 0.2) is 5.75 Å². The third-order valence-electron chi connectivity index (χ3n) is 7.22. The molecule has 0 saturated carbocycles. The van der Waals surface area contributed by atoms with Crippen LogP contribution >= 0.6 is 11.6 Å². The second-order valence-electron chi connectivity index (χ2n) is 9.53. The summed E-state index contributed by atoms with van der Waals surface area (Å²) < 4.78 is 28.5. The number of sulfonamides is 1. The van der Waals surface area contributed by atoms with Gasteiger partial charge in [0.1, 0.15) is 16.3 Å². The van der Waals surface area contributed by atoms with Gasteiger partial charge >= 0.3 is 0 Å². The monoisotopic (exact) mass is 544 g/mol. The number of aromatic hydroxyl groups is 1. The predicted octanol–water partition coefficient (Wildman–Crippen LogP) is 3.77. The van der Waals surface area contributed by atoms with E-state index in [-0.39, 0.29) is 22.1 Å². The number of benzene rings is 2. The molecule has 0 bridgehead atoms. The highest BCUT2D eigenvalue weighted by Gasteiger charge is 2.36. The molecule has 0 amide bonds. The van der Waals surface area contributed by atoms with Gasteiger partial charge in [-0.1, -0.05) is 36.2 Å². The minimum Gasteiger partial charge on any atom is -0.504 e. The average Bonchev–Trinajstić information content (AvgIpc) is 2.92. The third-order valence-corrected chi connectivity index (χ3v) is 9.63. The summed E-state index contributed by atoms with van der Waals surface area (Å²) in [4.78, 5) is 26.5. The van der Waals surface area contributed by atoms with Crippen LogP contribution in [0.2, 0.25) is 5.02 Å². The van der Waals surface area contributed by atoms with Crippen molar-refractivity contribution in [3.8, 4) is 5.75 Å². The summed E-state index contributed by atoms with van der Waals surface area (Å²) in [6.45, 7) is 2.77. The van der Waals surface area contributed by atoms with E-state index in [4.69, 9.17) is 11.6 Å². The zero-order valence-corrected chi connectivity index (χ0v) is 21.8. The van der Waals surface area contributed by atoms with Crippen molar-refractivity contribution in [3.63, 3.8) is 0 Å². The van der Waals surface area contributed by atoms with Crippen LogP contribution in [-0.4, -0.2) is 55.0 Å². The van der Waals surface area contributed by atoms with Crippen LogP contribution in [0.4, 0.5) is 22.7 Å². The molecular weight excluding hydrogens is 516 g/mol. The van der Waals surface area contributed by atoms with Gasteiger partial charge in [-0.15, -0.1) is 0 Å². The lowest BCUT2D eigenvalue weighted by atomic mass is 10.0. The zero-order valence-electron chi connectivity index (χ0n) is 20.2. The molecule has 2 aliphatic rings. The Hall–Kier alpha value is -2.92. The number of phenols is 1. The van der Waals surface area contributed by atoms with Gasteiger partial charge in [0.25, 0.3) is 10.9 Å². The smallest absolute Gasteiger partial charge is 0.253 e. The molecule has 0 atom stereocenters. The molecule has 9 nitrogen and oxygen atoms in total. The Morgan fingerprint density at radius 1 is 0.838 bits per heavy atom. The van der Waals surface area contributed by atoms with Crippen LogP contribution in [-0.2, 0) is 10.0 Å².